The summed E-state index contributed by atoms with van der Waals surface area (Å²) in [4.78, 5) is 39.6. The Balaban J connectivity index is 2.43. The molecule has 2 amide bonds. The maximum absolute atomic E-state index is 12.6. The SMILES string of the molecule is COC(=O)c1c(NC(=O)C(C#N)=Cc2ccc(Br)s2)sc(C(=O)N(C)C)c1C. The van der Waals surface area contributed by atoms with E-state index >= 15 is 0 Å². The molecule has 0 unspecified atom stereocenters. The number of esters is 1. The standard InChI is InChI=1S/C18H16BrN3O4S2/c1-9-13(18(25)26-4)16(28-14(9)17(24)22(2)3)21-15(23)10(8-20)7-11-5-6-12(19)27-11/h5-7H,1-4H3,(H,21,23). The highest BCUT2D eigenvalue weighted by Crippen LogP contribution is 2.34. The number of amides is 2. The van der Waals surface area contributed by atoms with E-state index in [1.807, 2.05) is 6.07 Å². The number of carbonyl (C=O) groups is 3. The Morgan fingerprint density at radius 1 is 1.29 bits per heavy atom. The molecule has 0 saturated heterocycles. The minimum Gasteiger partial charge on any atom is -0.465 e. The van der Waals surface area contributed by atoms with Gasteiger partial charge in [-0.25, -0.2) is 4.79 Å². The predicted octanol–water partition coefficient (Wildman–Crippen LogP) is 3.91. The van der Waals surface area contributed by atoms with Gasteiger partial charge in [-0.15, -0.1) is 22.7 Å². The summed E-state index contributed by atoms with van der Waals surface area (Å²) < 4.78 is 5.65. The summed E-state index contributed by atoms with van der Waals surface area (Å²) >= 11 is 5.66. The van der Waals surface area contributed by atoms with Gasteiger partial charge in [-0.3, -0.25) is 9.59 Å². The van der Waals surface area contributed by atoms with Gasteiger partial charge in [0, 0.05) is 19.0 Å². The van der Waals surface area contributed by atoms with Crippen LogP contribution in [0.5, 0.6) is 0 Å². The number of hydrogen-bond donors (Lipinski definition) is 1. The molecule has 0 saturated carbocycles. The van der Waals surface area contributed by atoms with Gasteiger partial charge in [0.05, 0.1) is 21.3 Å². The normalized spacial score (nSPS) is 10.9. The quantitative estimate of drug-likeness (QED) is 0.396. The van der Waals surface area contributed by atoms with Gasteiger partial charge in [-0.05, 0) is 46.6 Å². The van der Waals surface area contributed by atoms with Crippen molar-refractivity contribution < 1.29 is 19.1 Å². The molecule has 0 fully saturated rings. The maximum Gasteiger partial charge on any atom is 0.341 e. The number of nitriles is 1. The topological polar surface area (TPSA) is 99.5 Å². The number of hydrogen-bond acceptors (Lipinski definition) is 7. The average molecular weight is 482 g/mol. The fourth-order valence-electron chi connectivity index (χ4n) is 2.22. The number of anilines is 1. The highest BCUT2D eigenvalue weighted by atomic mass is 79.9. The molecule has 2 aromatic heterocycles. The van der Waals surface area contributed by atoms with E-state index in [1.54, 1.807) is 33.2 Å². The zero-order valence-electron chi connectivity index (χ0n) is 15.5. The van der Waals surface area contributed by atoms with Crippen LogP contribution in [0.15, 0.2) is 21.5 Å². The molecule has 2 heterocycles. The Morgan fingerprint density at radius 2 is 1.96 bits per heavy atom. The zero-order valence-corrected chi connectivity index (χ0v) is 18.7. The van der Waals surface area contributed by atoms with Crippen molar-refractivity contribution in [2.75, 3.05) is 26.5 Å². The summed E-state index contributed by atoms with van der Waals surface area (Å²) in [5.74, 6) is -1.65. The summed E-state index contributed by atoms with van der Waals surface area (Å²) in [6, 6.07) is 5.43. The Bertz CT molecular complexity index is 1010. The molecule has 7 nitrogen and oxygen atoms in total. The first-order chi connectivity index (χ1) is 13.2. The van der Waals surface area contributed by atoms with Crippen molar-refractivity contribution in [3.05, 3.63) is 42.4 Å². The average Bonchev–Trinajstić information content (AvgIpc) is 3.21. The van der Waals surface area contributed by atoms with E-state index in [0.29, 0.717) is 10.4 Å². The Hall–Kier alpha value is -2.48. The number of carbonyl (C=O) groups excluding carboxylic acids is 3. The molecule has 2 aromatic rings. The minimum absolute atomic E-state index is 0.0993. The fraction of sp³-hybridized carbons (Fsp3) is 0.222. The first-order valence-electron chi connectivity index (χ1n) is 7.81. The van der Waals surface area contributed by atoms with E-state index in [1.165, 1.54) is 29.4 Å². The second-order valence-corrected chi connectivity index (χ2v) is 9.23. The lowest BCUT2D eigenvalue weighted by atomic mass is 10.1. The predicted molar refractivity (Wildman–Crippen MR) is 113 cm³/mol. The van der Waals surface area contributed by atoms with Crippen LogP contribution in [-0.2, 0) is 9.53 Å². The molecule has 146 valence electrons. The molecular formula is C18H16BrN3O4S2. The van der Waals surface area contributed by atoms with E-state index in [2.05, 4.69) is 21.2 Å². The molecule has 0 aromatic carbocycles. The first kappa shape index (κ1) is 21.8. The van der Waals surface area contributed by atoms with Gasteiger partial charge in [0.1, 0.15) is 16.6 Å². The van der Waals surface area contributed by atoms with Crippen LogP contribution in [0.2, 0.25) is 0 Å². The number of thiophene rings is 2. The molecule has 0 aliphatic carbocycles. The van der Waals surface area contributed by atoms with Gasteiger partial charge in [-0.1, -0.05) is 0 Å². The van der Waals surface area contributed by atoms with Crippen molar-refractivity contribution in [1.82, 2.24) is 4.90 Å². The molecule has 0 bridgehead atoms. The second kappa shape index (κ2) is 9.14. The zero-order chi connectivity index (χ0) is 21.0. The van der Waals surface area contributed by atoms with Crippen LogP contribution >= 0.6 is 38.6 Å². The van der Waals surface area contributed by atoms with Crippen LogP contribution < -0.4 is 5.32 Å². The fourth-order valence-corrected chi connectivity index (χ4v) is 4.80. The van der Waals surface area contributed by atoms with Crippen LogP contribution in [0.3, 0.4) is 0 Å². The van der Waals surface area contributed by atoms with E-state index in [0.717, 1.165) is 20.0 Å². The molecule has 2 rings (SSSR count). The van der Waals surface area contributed by atoms with Gasteiger partial charge >= 0.3 is 5.97 Å². The molecule has 0 aliphatic rings. The third-order valence-corrected chi connectivity index (χ3v) is 6.38. The van der Waals surface area contributed by atoms with E-state index in [9.17, 15) is 19.6 Å². The van der Waals surface area contributed by atoms with Crippen LogP contribution in [0, 0.1) is 18.3 Å². The van der Waals surface area contributed by atoms with Gasteiger partial charge in [0.15, 0.2) is 0 Å². The van der Waals surface area contributed by atoms with Crippen LogP contribution in [-0.4, -0.2) is 43.9 Å². The Morgan fingerprint density at radius 3 is 2.46 bits per heavy atom. The van der Waals surface area contributed by atoms with E-state index in [-0.39, 0.29) is 22.0 Å². The molecule has 0 spiro atoms. The third-order valence-electron chi connectivity index (χ3n) is 3.61. The van der Waals surface area contributed by atoms with Crippen LogP contribution in [0.1, 0.15) is 30.5 Å². The molecule has 0 aliphatic heterocycles. The number of rotatable bonds is 5. The third kappa shape index (κ3) is 4.67. The molecular weight excluding hydrogens is 466 g/mol. The smallest absolute Gasteiger partial charge is 0.341 e. The van der Waals surface area contributed by atoms with Crippen LogP contribution in [0.25, 0.3) is 6.08 Å². The number of nitrogens with one attached hydrogen (secondary N) is 1. The van der Waals surface area contributed by atoms with Crippen molar-refractivity contribution in [2.45, 2.75) is 6.92 Å². The van der Waals surface area contributed by atoms with Gasteiger partial charge in [0.25, 0.3) is 11.8 Å². The van der Waals surface area contributed by atoms with Gasteiger partial charge in [0.2, 0.25) is 0 Å². The highest BCUT2D eigenvalue weighted by Gasteiger charge is 2.27. The number of halogens is 1. The van der Waals surface area contributed by atoms with Gasteiger partial charge < -0.3 is 15.0 Å². The van der Waals surface area contributed by atoms with E-state index < -0.39 is 11.9 Å². The van der Waals surface area contributed by atoms with E-state index in [4.69, 9.17) is 4.74 Å². The van der Waals surface area contributed by atoms with Crippen LogP contribution in [0.4, 0.5) is 5.00 Å². The number of nitrogens with zero attached hydrogens (tertiary/aromatic N) is 2. The molecule has 10 heteroatoms. The maximum atomic E-state index is 12.6. The van der Waals surface area contributed by atoms with Crippen molar-refractivity contribution in [2.24, 2.45) is 0 Å². The lowest BCUT2D eigenvalue weighted by Gasteiger charge is -2.08. The summed E-state index contributed by atoms with van der Waals surface area (Å²) in [5.41, 5.74) is 0.384. The molecule has 0 atom stereocenters. The highest BCUT2D eigenvalue weighted by molar-refractivity contribution is 9.11. The monoisotopic (exact) mass is 481 g/mol. The molecule has 0 radical (unpaired) electrons. The summed E-state index contributed by atoms with van der Waals surface area (Å²) in [5, 5.41) is 12.1. The van der Waals surface area contributed by atoms with Crippen molar-refractivity contribution in [1.29, 1.82) is 5.26 Å². The van der Waals surface area contributed by atoms with Crippen molar-refractivity contribution in [3.8, 4) is 6.07 Å². The Labute approximate surface area is 178 Å². The van der Waals surface area contributed by atoms with Gasteiger partial charge in [-0.2, -0.15) is 5.26 Å². The number of ether oxygens (including phenoxy) is 1. The Kier molecular flexibility index (Phi) is 7.12. The first-order valence-corrected chi connectivity index (χ1v) is 10.2. The summed E-state index contributed by atoms with van der Waals surface area (Å²) in [6.45, 7) is 1.61. The molecule has 1 N–H and O–H groups in total. The summed E-state index contributed by atoms with van der Waals surface area (Å²) in [6.07, 6.45) is 1.45. The van der Waals surface area contributed by atoms with Crippen molar-refractivity contribution in [3.63, 3.8) is 0 Å². The second-order valence-electron chi connectivity index (χ2n) is 5.72. The lowest BCUT2D eigenvalue weighted by Crippen LogP contribution is -2.21. The van der Waals surface area contributed by atoms with Crippen molar-refractivity contribution >= 4 is 67.5 Å². The number of methoxy groups -OCH3 is 1. The lowest BCUT2D eigenvalue weighted by molar-refractivity contribution is -0.112. The summed E-state index contributed by atoms with van der Waals surface area (Å²) in [7, 11) is 4.40. The minimum atomic E-state index is -0.678. The largest absolute Gasteiger partial charge is 0.465 e. The molecule has 28 heavy (non-hydrogen) atoms.